The number of nitrogens with two attached hydrogens (primary N) is 1. The Morgan fingerprint density at radius 2 is 1.76 bits per heavy atom. The lowest BCUT2D eigenvalue weighted by atomic mass is 10.2. The van der Waals surface area contributed by atoms with Gasteiger partial charge in [-0.1, -0.05) is 11.6 Å². The van der Waals surface area contributed by atoms with Crippen LogP contribution in [0.5, 0.6) is 0 Å². The Balaban J connectivity index is 3.05. The van der Waals surface area contributed by atoms with E-state index in [1.165, 1.54) is 12.3 Å². The number of nitrogens with zero attached hydrogens (tertiary/aromatic N) is 2. The summed E-state index contributed by atoms with van der Waals surface area (Å²) in [4.78, 5) is 39.7. The topological polar surface area (TPSA) is 112 Å². The van der Waals surface area contributed by atoms with Gasteiger partial charge in [-0.3, -0.25) is 14.4 Å². The molecule has 21 heavy (non-hydrogen) atoms. The number of hydrogen-bond donors (Lipinski definition) is 1. The predicted octanol–water partition coefficient (Wildman–Crippen LogP) is 0.105. The summed E-state index contributed by atoms with van der Waals surface area (Å²) in [5, 5.41) is -0.0890. The third-order valence-electron chi connectivity index (χ3n) is 2.47. The van der Waals surface area contributed by atoms with Gasteiger partial charge >= 0.3 is 11.9 Å². The van der Waals surface area contributed by atoms with Gasteiger partial charge in [0.2, 0.25) is 0 Å². The Morgan fingerprint density at radius 3 is 2.24 bits per heavy atom. The van der Waals surface area contributed by atoms with E-state index in [1.807, 2.05) is 0 Å². The van der Waals surface area contributed by atoms with E-state index in [0.29, 0.717) is 0 Å². The lowest BCUT2D eigenvalue weighted by Crippen LogP contribution is -2.40. The Kier molecular flexibility index (Phi) is 5.92. The van der Waals surface area contributed by atoms with Crippen LogP contribution in [-0.2, 0) is 19.1 Å². The second-order valence-electron chi connectivity index (χ2n) is 3.92. The van der Waals surface area contributed by atoms with Gasteiger partial charge in [0, 0.05) is 0 Å². The molecule has 0 atom stereocenters. The number of aromatic nitrogens is 1. The van der Waals surface area contributed by atoms with Gasteiger partial charge in [0.15, 0.2) is 0 Å². The number of amides is 1. The number of esters is 2. The fraction of sp³-hybridized carbons (Fsp3) is 0.333. The lowest BCUT2D eigenvalue weighted by Gasteiger charge is -2.20. The number of ether oxygens (including phenoxy) is 2. The van der Waals surface area contributed by atoms with E-state index >= 15 is 0 Å². The quantitative estimate of drug-likeness (QED) is 0.606. The summed E-state index contributed by atoms with van der Waals surface area (Å²) in [5.41, 5.74) is 5.74. The lowest BCUT2D eigenvalue weighted by molar-refractivity contribution is -0.144. The van der Waals surface area contributed by atoms with Crippen molar-refractivity contribution in [2.24, 2.45) is 0 Å². The Bertz CT molecular complexity index is 546. The average Bonchev–Trinajstić information content (AvgIpc) is 2.47. The van der Waals surface area contributed by atoms with Gasteiger partial charge in [-0.15, -0.1) is 0 Å². The molecule has 1 amide bonds. The number of methoxy groups -OCH3 is 2. The summed E-state index contributed by atoms with van der Waals surface area (Å²) < 4.78 is 8.96. The van der Waals surface area contributed by atoms with Crippen LogP contribution in [0.1, 0.15) is 10.4 Å². The molecule has 0 bridgehead atoms. The Morgan fingerprint density at radius 1 is 1.24 bits per heavy atom. The van der Waals surface area contributed by atoms with Crippen LogP contribution in [0.3, 0.4) is 0 Å². The number of anilines is 1. The Labute approximate surface area is 125 Å². The molecule has 0 aliphatic heterocycles. The first-order valence-corrected chi connectivity index (χ1v) is 6.10. The maximum atomic E-state index is 12.4. The maximum absolute atomic E-state index is 12.4. The maximum Gasteiger partial charge on any atom is 0.325 e. The van der Waals surface area contributed by atoms with Crippen molar-refractivity contribution in [3.8, 4) is 0 Å². The standard InChI is InChI=1S/C12H14ClN3O5/c1-20-9(17)5-16(6-10(18)21-2)12(19)8-3-7(14)4-15-11(8)13/h3-4H,5-6,14H2,1-2H3. The second-order valence-corrected chi connectivity index (χ2v) is 4.28. The van der Waals surface area contributed by atoms with Gasteiger partial charge < -0.3 is 20.1 Å². The van der Waals surface area contributed by atoms with Crippen molar-refractivity contribution in [1.82, 2.24) is 9.88 Å². The number of rotatable bonds is 5. The first-order valence-electron chi connectivity index (χ1n) is 5.73. The van der Waals surface area contributed by atoms with Crippen LogP contribution >= 0.6 is 11.6 Å². The number of hydrogen-bond acceptors (Lipinski definition) is 7. The molecule has 1 aromatic heterocycles. The molecule has 0 saturated heterocycles. The molecule has 0 aliphatic carbocycles. The SMILES string of the molecule is COC(=O)CN(CC(=O)OC)C(=O)c1cc(N)cnc1Cl. The predicted molar refractivity (Wildman–Crippen MR) is 73.6 cm³/mol. The molecule has 0 fully saturated rings. The average molecular weight is 316 g/mol. The van der Waals surface area contributed by atoms with Gasteiger partial charge in [0.05, 0.1) is 31.7 Å². The molecular weight excluding hydrogens is 302 g/mol. The summed E-state index contributed by atoms with van der Waals surface area (Å²) >= 11 is 5.83. The van der Waals surface area contributed by atoms with E-state index < -0.39 is 30.9 Å². The van der Waals surface area contributed by atoms with Crippen LogP contribution < -0.4 is 5.73 Å². The molecule has 0 spiro atoms. The van der Waals surface area contributed by atoms with Crippen molar-refractivity contribution in [3.05, 3.63) is 23.0 Å². The van der Waals surface area contributed by atoms with Crippen LogP contribution in [0.15, 0.2) is 12.3 Å². The number of nitrogen functional groups attached to an aromatic ring is 1. The van der Waals surface area contributed by atoms with E-state index in [-0.39, 0.29) is 16.4 Å². The zero-order valence-corrected chi connectivity index (χ0v) is 12.2. The van der Waals surface area contributed by atoms with Crippen LogP contribution in [0.4, 0.5) is 5.69 Å². The van der Waals surface area contributed by atoms with E-state index in [2.05, 4.69) is 14.5 Å². The number of pyridine rings is 1. The number of carbonyl (C=O) groups excluding carboxylic acids is 3. The fourth-order valence-corrected chi connectivity index (χ4v) is 1.61. The molecule has 9 heteroatoms. The summed E-state index contributed by atoms with van der Waals surface area (Å²) in [6.45, 7) is -0.870. The molecule has 1 rings (SSSR count). The van der Waals surface area contributed by atoms with Crippen molar-refractivity contribution in [1.29, 1.82) is 0 Å². The smallest absolute Gasteiger partial charge is 0.325 e. The third-order valence-corrected chi connectivity index (χ3v) is 2.77. The molecule has 0 aromatic carbocycles. The zero-order chi connectivity index (χ0) is 16.0. The minimum atomic E-state index is -0.694. The summed E-state index contributed by atoms with van der Waals surface area (Å²) in [6.07, 6.45) is 1.28. The van der Waals surface area contributed by atoms with Gasteiger partial charge in [-0.25, -0.2) is 4.98 Å². The molecule has 0 saturated carbocycles. The monoisotopic (exact) mass is 315 g/mol. The molecule has 8 nitrogen and oxygen atoms in total. The minimum absolute atomic E-state index is 0.0236. The van der Waals surface area contributed by atoms with Crippen molar-refractivity contribution in [2.75, 3.05) is 33.0 Å². The first-order chi connectivity index (χ1) is 9.88. The third kappa shape index (κ3) is 4.60. The first kappa shape index (κ1) is 16.7. The van der Waals surface area contributed by atoms with Crippen molar-refractivity contribution in [3.63, 3.8) is 0 Å². The molecule has 0 aliphatic rings. The van der Waals surface area contributed by atoms with Crippen LogP contribution in [-0.4, -0.2) is 55.0 Å². The van der Waals surface area contributed by atoms with E-state index in [4.69, 9.17) is 17.3 Å². The number of halogens is 1. The van der Waals surface area contributed by atoms with Gasteiger partial charge in [-0.05, 0) is 6.07 Å². The molecule has 0 unspecified atom stereocenters. The fourth-order valence-electron chi connectivity index (χ4n) is 1.42. The zero-order valence-electron chi connectivity index (χ0n) is 11.5. The Hall–Kier alpha value is -2.35. The second kappa shape index (κ2) is 7.44. The van der Waals surface area contributed by atoms with Gasteiger partial charge in [-0.2, -0.15) is 0 Å². The van der Waals surface area contributed by atoms with Crippen LogP contribution in [0, 0.1) is 0 Å². The van der Waals surface area contributed by atoms with E-state index in [1.54, 1.807) is 0 Å². The number of carbonyl (C=O) groups is 3. The highest BCUT2D eigenvalue weighted by Crippen LogP contribution is 2.17. The van der Waals surface area contributed by atoms with Gasteiger partial charge in [0.25, 0.3) is 5.91 Å². The summed E-state index contributed by atoms with van der Waals surface area (Å²) in [5.74, 6) is -2.07. The highest BCUT2D eigenvalue weighted by molar-refractivity contribution is 6.32. The van der Waals surface area contributed by atoms with E-state index in [9.17, 15) is 14.4 Å². The highest BCUT2D eigenvalue weighted by atomic mass is 35.5. The van der Waals surface area contributed by atoms with Crippen molar-refractivity contribution in [2.45, 2.75) is 0 Å². The summed E-state index contributed by atoms with van der Waals surface area (Å²) in [6, 6.07) is 1.30. The molecule has 1 aromatic rings. The van der Waals surface area contributed by atoms with Crippen molar-refractivity contribution >= 4 is 35.1 Å². The molecule has 114 valence electrons. The molecule has 2 N–H and O–H groups in total. The highest BCUT2D eigenvalue weighted by Gasteiger charge is 2.24. The van der Waals surface area contributed by atoms with Crippen molar-refractivity contribution < 1.29 is 23.9 Å². The van der Waals surface area contributed by atoms with Gasteiger partial charge in [0.1, 0.15) is 18.2 Å². The largest absolute Gasteiger partial charge is 0.468 e. The van der Waals surface area contributed by atoms with Crippen LogP contribution in [0.25, 0.3) is 0 Å². The minimum Gasteiger partial charge on any atom is -0.468 e. The molecule has 0 radical (unpaired) electrons. The van der Waals surface area contributed by atoms with Crippen LogP contribution in [0.2, 0.25) is 5.15 Å². The summed E-state index contributed by atoms with van der Waals surface area (Å²) in [7, 11) is 2.33. The van der Waals surface area contributed by atoms with E-state index in [0.717, 1.165) is 19.1 Å². The molecule has 1 heterocycles. The normalized spacial score (nSPS) is 9.86. The molecular formula is C12H14ClN3O5.